The van der Waals surface area contributed by atoms with Crippen molar-refractivity contribution in [2.75, 3.05) is 13.1 Å². The number of nitrogens with one attached hydrogen (secondary N) is 1. The summed E-state index contributed by atoms with van der Waals surface area (Å²) in [6, 6.07) is 0.995. The third-order valence-corrected chi connectivity index (χ3v) is 2.63. The first-order chi connectivity index (χ1) is 8.05. The highest BCUT2D eigenvalue weighted by atomic mass is 35.5. The molecule has 1 N–H and O–H groups in total. The van der Waals surface area contributed by atoms with E-state index in [2.05, 4.69) is 10.3 Å². The zero-order chi connectivity index (χ0) is 12.3. The molecule has 1 aliphatic rings. The lowest BCUT2D eigenvalue weighted by atomic mass is 10.1. The van der Waals surface area contributed by atoms with Crippen molar-refractivity contribution in [2.24, 2.45) is 0 Å². The Morgan fingerprint density at radius 1 is 1.22 bits per heavy atom. The van der Waals surface area contributed by atoms with Crippen molar-refractivity contribution in [1.29, 1.82) is 0 Å². The summed E-state index contributed by atoms with van der Waals surface area (Å²) < 4.78 is 42.8. The summed E-state index contributed by atoms with van der Waals surface area (Å²) in [4.78, 5) is 3.56. The topological polar surface area (TPSA) is 34.1 Å². The van der Waals surface area contributed by atoms with Gasteiger partial charge < -0.3 is 10.1 Å². The molecule has 2 rings (SSSR count). The number of rotatable bonds is 2. The van der Waals surface area contributed by atoms with Crippen molar-refractivity contribution in [1.82, 2.24) is 10.3 Å². The van der Waals surface area contributed by atoms with Crippen LogP contribution in [0.5, 0.6) is 5.75 Å². The van der Waals surface area contributed by atoms with E-state index in [0.29, 0.717) is 0 Å². The van der Waals surface area contributed by atoms with E-state index in [1.807, 2.05) is 0 Å². The number of hydrogen-bond acceptors (Lipinski definition) is 3. The Bertz CT molecular complexity index is 381. The third kappa shape index (κ3) is 4.03. The molecule has 0 amide bonds. The number of hydrogen-bond donors (Lipinski definition) is 1. The highest BCUT2D eigenvalue weighted by Crippen LogP contribution is 2.31. The van der Waals surface area contributed by atoms with Gasteiger partial charge in [-0.2, -0.15) is 13.2 Å². The maximum Gasteiger partial charge on any atom is 0.418 e. The second-order valence-electron chi connectivity index (χ2n) is 3.97. The molecule has 0 aromatic carbocycles. The average Bonchev–Trinajstić information content (AvgIpc) is 2.29. The molecule has 0 radical (unpaired) electrons. The Morgan fingerprint density at radius 3 is 2.50 bits per heavy atom. The number of ether oxygens (including phenoxy) is 1. The minimum Gasteiger partial charge on any atom is -0.489 e. The van der Waals surface area contributed by atoms with E-state index in [4.69, 9.17) is 4.74 Å². The van der Waals surface area contributed by atoms with Gasteiger partial charge in [-0.3, -0.25) is 4.98 Å². The van der Waals surface area contributed by atoms with Crippen LogP contribution in [0.15, 0.2) is 18.5 Å². The molecule has 1 aromatic rings. The molecule has 3 nitrogen and oxygen atoms in total. The standard InChI is InChI=1S/C11H13F3N2O.ClH/c12-11(13,14)8-5-10(7-16-6-8)17-9-1-3-15-4-2-9;/h5-7,9,15H,1-4H2;1H. The third-order valence-electron chi connectivity index (χ3n) is 2.63. The van der Waals surface area contributed by atoms with Crippen LogP contribution >= 0.6 is 12.4 Å². The molecule has 0 spiro atoms. The van der Waals surface area contributed by atoms with Gasteiger partial charge in [-0.25, -0.2) is 0 Å². The van der Waals surface area contributed by atoms with Gasteiger partial charge in [0, 0.05) is 6.20 Å². The van der Waals surface area contributed by atoms with Gasteiger partial charge in [0.15, 0.2) is 0 Å². The monoisotopic (exact) mass is 282 g/mol. The van der Waals surface area contributed by atoms with Crippen LogP contribution < -0.4 is 10.1 Å². The fourth-order valence-electron chi connectivity index (χ4n) is 1.74. The number of halogens is 4. The van der Waals surface area contributed by atoms with Crippen LogP contribution in [0.3, 0.4) is 0 Å². The molecule has 1 fully saturated rings. The maximum atomic E-state index is 12.4. The molecule has 2 heterocycles. The molecule has 0 bridgehead atoms. The van der Waals surface area contributed by atoms with Crippen LogP contribution in [0, 0.1) is 0 Å². The normalized spacial score (nSPS) is 17.1. The molecule has 0 unspecified atom stereocenters. The molecule has 1 saturated heterocycles. The van der Waals surface area contributed by atoms with Gasteiger partial charge >= 0.3 is 6.18 Å². The summed E-state index contributed by atoms with van der Waals surface area (Å²) in [7, 11) is 0. The minimum absolute atomic E-state index is 0. The van der Waals surface area contributed by atoms with Crippen LogP contribution in [-0.4, -0.2) is 24.2 Å². The minimum atomic E-state index is -4.37. The molecular weight excluding hydrogens is 269 g/mol. The maximum absolute atomic E-state index is 12.4. The summed E-state index contributed by atoms with van der Waals surface area (Å²) in [5.41, 5.74) is -0.774. The first-order valence-electron chi connectivity index (χ1n) is 5.45. The molecule has 0 saturated carbocycles. The number of nitrogens with zero attached hydrogens (tertiary/aromatic N) is 1. The molecule has 0 aliphatic carbocycles. The number of aromatic nitrogens is 1. The molecule has 7 heteroatoms. The first-order valence-corrected chi connectivity index (χ1v) is 5.45. The SMILES string of the molecule is Cl.FC(F)(F)c1cncc(OC2CCNCC2)c1. The van der Waals surface area contributed by atoms with Crippen LogP contribution in [0.4, 0.5) is 13.2 Å². The summed E-state index contributed by atoms with van der Waals surface area (Å²) in [6.45, 7) is 1.66. The summed E-state index contributed by atoms with van der Waals surface area (Å²) in [5.74, 6) is 0.187. The molecule has 1 aromatic heterocycles. The van der Waals surface area contributed by atoms with Crippen molar-refractivity contribution in [3.05, 3.63) is 24.0 Å². The lowest BCUT2D eigenvalue weighted by Gasteiger charge is -2.23. The second-order valence-corrected chi connectivity index (χ2v) is 3.97. The van der Waals surface area contributed by atoms with Crippen LogP contribution in [-0.2, 0) is 6.18 Å². The van der Waals surface area contributed by atoms with Crippen molar-refractivity contribution >= 4 is 12.4 Å². The second kappa shape index (κ2) is 6.24. The van der Waals surface area contributed by atoms with Gasteiger partial charge in [0.1, 0.15) is 11.9 Å². The van der Waals surface area contributed by atoms with Crippen LogP contribution in [0.1, 0.15) is 18.4 Å². The van der Waals surface area contributed by atoms with Crippen molar-refractivity contribution in [3.63, 3.8) is 0 Å². The Labute approximate surface area is 109 Å². The van der Waals surface area contributed by atoms with Gasteiger partial charge in [0.2, 0.25) is 0 Å². The van der Waals surface area contributed by atoms with E-state index in [1.165, 1.54) is 6.20 Å². The lowest BCUT2D eigenvalue weighted by molar-refractivity contribution is -0.138. The number of alkyl halides is 3. The molecular formula is C11H14ClF3N2O. The molecule has 102 valence electrons. The summed E-state index contributed by atoms with van der Waals surface area (Å²) in [6.07, 6.45) is -0.680. The fourth-order valence-corrected chi connectivity index (χ4v) is 1.74. The van der Waals surface area contributed by atoms with Gasteiger partial charge in [0.05, 0.1) is 11.8 Å². The smallest absolute Gasteiger partial charge is 0.418 e. The number of pyridine rings is 1. The van der Waals surface area contributed by atoms with E-state index in [-0.39, 0.29) is 24.3 Å². The van der Waals surface area contributed by atoms with Crippen LogP contribution in [0.2, 0.25) is 0 Å². The highest BCUT2D eigenvalue weighted by molar-refractivity contribution is 5.85. The van der Waals surface area contributed by atoms with Gasteiger partial charge in [-0.15, -0.1) is 12.4 Å². The van der Waals surface area contributed by atoms with E-state index in [9.17, 15) is 13.2 Å². The van der Waals surface area contributed by atoms with E-state index in [1.54, 1.807) is 0 Å². The van der Waals surface area contributed by atoms with Gasteiger partial charge in [0.25, 0.3) is 0 Å². The Hall–Kier alpha value is -1.01. The van der Waals surface area contributed by atoms with E-state index >= 15 is 0 Å². The zero-order valence-electron chi connectivity index (χ0n) is 9.54. The average molecular weight is 283 g/mol. The Morgan fingerprint density at radius 2 is 1.89 bits per heavy atom. The van der Waals surface area contributed by atoms with E-state index in [0.717, 1.165) is 38.2 Å². The quantitative estimate of drug-likeness (QED) is 0.905. The first kappa shape index (κ1) is 15.0. The van der Waals surface area contributed by atoms with Gasteiger partial charge in [-0.05, 0) is 32.0 Å². The zero-order valence-corrected chi connectivity index (χ0v) is 10.4. The molecule has 1 aliphatic heterocycles. The van der Waals surface area contributed by atoms with Crippen molar-refractivity contribution in [3.8, 4) is 5.75 Å². The lowest BCUT2D eigenvalue weighted by Crippen LogP contribution is -2.34. The van der Waals surface area contributed by atoms with Crippen molar-refractivity contribution < 1.29 is 17.9 Å². The Kier molecular flexibility index (Phi) is 5.22. The molecule has 0 atom stereocenters. The van der Waals surface area contributed by atoms with Crippen molar-refractivity contribution in [2.45, 2.75) is 25.1 Å². The fraction of sp³-hybridized carbons (Fsp3) is 0.545. The predicted molar refractivity (Wildman–Crippen MR) is 63.0 cm³/mol. The largest absolute Gasteiger partial charge is 0.489 e. The predicted octanol–water partition coefficient (Wildman–Crippen LogP) is 2.65. The summed E-state index contributed by atoms with van der Waals surface area (Å²) >= 11 is 0. The van der Waals surface area contributed by atoms with Gasteiger partial charge in [-0.1, -0.05) is 0 Å². The number of piperidine rings is 1. The van der Waals surface area contributed by atoms with E-state index < -0.39 is 11.7 Å². The van der Waals surface area contributed by atoms with Crippen LogP contribution in [0.25, 0.3) is 0 Å². The highest BCUT2D eigenvalue weighted by Gasteiger charge is 2.31. The molecule has 18 heavy (non-hydrogen) atoms. The summed E-state index contributed by atoms with van der Waals surface area (Å²) in [5, 5.41) is 3.16. The Balaban J connectivity index is 0.00000162.